The van der Waals surface area contributed by atoms with Crippen LogP contribution in [0, 0.1) is 17.0 Å². The van der Waals surface area contributed by atoms with Crippen LogP contribution in [-0.2, 0) is 9.53 Å². The number of morpholine rings is 1. The zero-order valence-corrected chi connectivity index (χ0v) is 11.7. The molecule has 1 unspecified atom stereocenters. The number of aromatic nitrogens is 2. The minimum absolute atomic E-state index is 0.0731. The van der Waals surface area contributed by atoms with Gasteiger partial charge in [0.05, 0.1) is 18.1 Å². The molecule has 10 heteroatoms. The summed E-state index contributed by atoms with van der Waals surface area (Å²) >= 11 is 0. The number of primary amides is 1. The third-order valence-electron chi connectivity index (χ3n) is 3.18. The van der Waals surface area contributed by atoms with Gasteiger partial charge >= 0.3 is 5.69 Å². The molecule has 0 spiro atoms. The van der Waals surface area contributed by atoms with E-state index in [2.05, 4.69) is 15.3 Å². The minimum atomic E-state index is -0.795. The summed E-state index contributed by atoms with van der Waals surface area (Å²) in [7, 11) is 1.61. The maximum atomic E-state index is 11.5. The highest BCUT2D eigenvalue weighted by Gasteiger charge is 2.35. The van der Waals surface area contributed by atoms with Crippen LogP contribution in [0.3, 0.4) is 0 Å². The van der Waals surface area contributed by atoms with Crippen LogP contribution in [0.1, 0.15) is 5.69 Å². The van der Waals surface area contributed by atoms with Crippen LogP contribution in [0.4, 0.5) is 17.5 Å². The van der Waals surface area contributed by atoms with Crippen molar-refractivity contribution in [2.24, 2.45) is 5.73 Å². The molecule has 0 saturated carbocycles. The molecule has 10 nitrogen and oxygen atoms in total. The zero-order chi connectivity index (χ0) is 15.6. The average molecular weight is 296 g/mol. The molecular formula is C11H16N6O4. The Balaban J connectivity index is 2.56. The largest absolute Gasteiger partial charge is 0.377 e. The molecular weight excluding hydrogens is 280 g/mol. The van der Waals surface area contributed by atoms with Gasteiger partial charge in [-0.05, 0) is 6.92 Å². The van der Waals surface area contributed by atoms with Gasteiger partial charge in [-0.2, -0.15) is 4.98 Å². The van der Waals surface area contributed by atoms with Gasteiger partial charge in [-0.15, -0.1) is 0 Å². The predicted octanol–water partition coefficient (Wildman–Crippen LogP) is -0.575. The van der Waals surface area contributed by atoms with E-state index in [0.29, 0.717) is 6.61 Å². The summed E-state index contributed by atoms with van der Waals surface area (Å²) in [5, 5.41) is 14.0. The van der Waals surface area contributed by atoms with E-state index >= 15 is 0 Å². The van der Waals surface area contributed by atoms with Crippen LogP contribution in [0.2, 0.25) is 0 Å². The van der Waals surface area contributed by atoms with Crippen molar-refractivity contribution in [2.45, 2.75) is 13.0 Å². The first-order chi connectivity index (χ1) is 9.95. The molecule has 1 amide bonds. The van der Waals surface area contributed by atoms with E-state index in [-0.39, 0.29) is 36.3 Å². The number of carbonyl (C=O) groups excluding carboxylic acids is 1. The van der Waals surface area contributed by atoms with E-state index in [1.807, 2.05) is 0 Å². The molecule has 1 saturated heterocycles. The number of nitrogens with two attached hydrogens (primary N) is 1. The summed E-state index contributed by atoms with van der Waals surface area (Å²) in [6, 6.07) is -0.795. The Bertz CT molecular complexity index is 578. The first-order valence-corrected chi connectivity index (χ1v) is 6.30. The molecule has 3 N–H and O–H groups in total. The maximum absolute atomic E-state index is 11.5. The van der Waals surface area contributed by atoms with Crippen LogP contribution >= 0.6 is 0 Å². The summed E-state index contributed by atoms with van der Waals surface area (Å²) in [5.74, 6) is -0.307. The highest BCUT2D eigenvalue weighted by molar-refractivity contribution is 5.84. The molecule has 1 aliphatic rings. The Labute approximate surface area is 120 Å². The molecule has 2 heterocycles. The number of amides is 1. The third-order valence-corrected chi connectivity index (χ3v) is 3.18. The van der Waals surface area contributed by atoms with Crippen molar-refractivity contribution < 1.29 is 14.5 Å². The fraction of sp³-hybridized carbons (Fsp3) is 0.545. The van der Waals surface area contributed by atoms with Gasteiger partial charge in [-0.3, -0.25) is 14.9 Å². The van der Waals surface area contributed by atoms with Crippen molar-refractivity contribution in [2.75, 3.05) is 37.0 Å². The Hall–Kier alpha value is -2.49. The van der Waals surface area contributed by atoms with Crippen molar-refractivity contribution in [3.05, 3.63) is 15.8 Å². The summed E-state index contributed by atoms with van der Waals surface area (Å²) in [4.78, 5) is 31.9. The van der Waals surface area contributed by atoms with Gasteiger partial charge in [0.15, 0.2) is 0 Å². The molecule has 1 aromatic heterocycles. The van der Waals surface area contributed by atoms with Gasteiger partial charge < -0.3 is 20.7 Å². The molecule has 114 valence electrons. The molecule has 0 aliphatic carbocycles. The minimum Gasteiger partial charge on any atom is -0.377 e. The van der Waals surface area contributed by atoms with Gasteiger partial charge in [-0.1, -0.05) is 0 Å². The number of hydrogen-bond donors (Lipinski definition) is 2. The Morgan fingerprint density at radius 2 is 2.29 bits per heavy atom. The quantitative estimate of drug-likeness (QED) is 0.556. The van der Waals surface area contributed by atoms with E-state index in [9.17, 15) is 14.9 Å². The average Bonchev–Trinajstić information content (AvgIpc) is 2.45. The zero-order valence-electron chi connectivity index (χ0n) is 11.7. The normalized spacial score (nSPS) is 18.4. The number of ether oxygens (including phenoxy) is 1. The smallest absolute Gasteiger partial charge is 0.332 e. The molecule has 1 aliphatic heterocycles. The number of rotatable bonds is 4. The van der Waals surface area contributed by atoms with Crippen molar-refractivity contribution in [1.29, 1.82) is 0 Å². The van der Waals surface area contributed by atoms with E-state index in [1.165, 1.54) is 11.8 Å². The van der Waals surface area contributed by atoms with Crippen molar-refractivity contribution in [3.8, 4) is 0 Å². The van der Waals surface area contributed by atoms with Crippen LogP contribution in [0.5, 0.6) is 0 Å². The van der Waals surface area contributed by atoms with Crippen LogP contribution in [0.15, 0.2) is 0 Å². The number of nitrogens with one attached hydrogen (secondary N) is 1. The Morgan fingerprint density at radius 3 is 2.86 bits per heavy atom. The lowest BCUT2D eigenvalue weighted by Crippen LogP contribution is -2.53. The number of nitro groups is 1. The van der Waals surface area contributed by atoms with E-state index in [1.54, 1.807) is 7.05 Å². The highest BCUT2D eigenvalue weighted by Crippen LogP contribution is 2.31. The van der Waals surface area contributed by atoms with Crippen molar-refractivity contribution >= 4 is 23.4 Å². The van der Waals surface area contributed by atoms with Crippen LogP contribution in [0.25, 0.3) is 0 Å². The van der Waals surface area contributed by atoms with Crippen molar-refractivity contribution in [3.63, 3.8) is 0 Å². The molecule has 1 fully saturated rings. The number of carbonyl (C=O) groups is 1. The van der Waals surface area contributed by atoms with Gasteiger partial charge in [0.1, 0.15) is 11.7 Å². The Morgan fingerprint density at radius 1 is 1.57 bits per heavy atom. The molecule has 0 bridgehead atoms. The first-order valence-electron chi connectivity index (χ1n) is 6.30. The second-order valence-electron chi connectivity index (χ2n) is 4.50. The lowest BCUT2D eigenvalue weighted by Gasteiger charge is -2.34. The number of nitrogens with zero attached hydrogens (tertiary/aromatic N) is 4. The standard InChI is InChI=1S/C11H16N6O4/c1-6-8(17(19)20)10(15-11(13-2)14-6)16-3-4-21-5-7(16)9(12)18/h7H,3-5H2,1-2H3,(H2,12,18)(H,13,14,15). The topological polar surface area (TPSA) is 137 Å². The monoisotopic (exact) mass is 296 g/mol. The van der Waals surface area contributed by atoms with Gasteiger partial charge in [0.25, 0.3) is 0 Å². The summed E-state index contributed by atoms with van der Waals surface area (Å²) in [5.41, 5.74) is 5.32. The Kier molecular flexibility index (Phi) is 4.17. The SMILES string of the molecule is CNc1nc(C)c([N+](=O)[O-])c(N2CCOCC2C(N)=O)n1. The lowest BCUT2D eigenvalue weighted by atomic mass is 10.2. The van der Waals surface area contributed by atoms with Crippen LogP contribution < -0.4 is 16.0 Å². The fourth-order valence-electron chi connectivity index (χ4n) is 2.17. The lowest BCUT2D eigenvalue weighted by molar-refractivity contribution is -0.385. The highest BCUT2D eigenvalue weighted by atomic mass is 16.6. The molecule has 1 atom stereocenters. The van der Waals surface area contributed by atoms with Gasteiger partial charge in [-0.25, -0.2) is 4.98 Å². The second kappa shape index (κ2) is 5.87. The van der Waals surface area contributed by atoms with E-state index in [0.717, 1.165) is 0 Å². The second-order valence-corrected chi connectivity index (χ2v) is 4.50. The maximum Gasteiger partial charge on any atom is 0.332 e. The summed E-state index contributed by atoms with van der Waals surface area (Å²) in [6.45, 7) is 2.21. The van der Waals surface area contributed by atoms with Crippen LogP contribution in [-0.4, -0.2) is 53.6 Å². The molecule has 1 aromatic rings. The molecule has 0 radical (unpaired) electrons. The summed E-state index contributed by atoms with van der Waals surface area (Å²) < 4.78 is 5.21. The molecule has 0 aromatic carbocycles. The first kappa shape index (κ1) is 14.9. The van der Waals surface area contributed by atoms with Gasteiger partial charge in [0.2, 0.25) is 17.7 Å². The molecule has 21 heavy (non-hydrogen) atoms. The van der Waals surface area contributed by atoms with E-state index < -0.39 is 16.9 Å². The summed E-state index contributed by atoms with van der Waals surface area (Å²) in [6.07, 6.45) is 0. The molecule has 2 rings (SSSR count). The fourth-order valence-corrected chi connectivity index (χ4v) is 2.17. The van der Waals surface area contributed by atoms with Crippen molar-refractivity contribution in [1.82, 2.24) is 9.97 Å². The predicted molar refractivity (Wildman–Crippen MR) is 74.1 cm³/mol. The van der Waals surface area contributed by atoms with E-state index in [4.69, 9.17) is 10.5 Å². The number of hydrogen-bond acceptors (Lipinski definition) is 8. The third kappa shape index (κ3) is 2.84. The number of anilines is 2. The number of aryl methyl sites for hydroxylation is 1. The van der Waals surface area contributed by atoms with Gasteiger partial charge in [0, 0.05) is 13.6 Å².